The van der Waals surface area contributed by atoms with Crippen molar-refractivity contribution in [3.8, 4) is 0 Å². The Bertz CT molecular complexity index is 1840. The molecule has 1 aliphatic heterocycles. The molecule has 1 amide bonds. The number of sulfonamides is 1. The molecule has 0 unspecified atom stereocenters. The number of hydrogen-bond acceptors (Lipinski definition) is 10. The number of hydrogen-bond donors (Lipinski definition) is 2. The van der Waals surface area contributed by atoms with E-state index in [0.29, 0.717) is 49.5 Å². The van der Waals surface area contributed by atoms with Gasteiger partial charge in [0.05, 0.1) is 40.7 Å². The van der Waals surface area contributed by atoms with E-state index in [1.165, 1.54) is 36.4 Å². The highest BCUT2D eigenvalue weighted by atomic mass is 79.9. The fourth-order valence-corrected chi connectivity index (χ4v) is 7.11. The van der Waals surface area contributed by atoms with Crippen LogP contribution in [0.3, 0.4) is 0 Å². The lowest BCUT2D eigenvalue weighted by atomic mass is 10.0. The molecule has 45 heavy (non-hydrogen) atoms. The number of halogens is 3. The van der Waals surface area contributed by atoms with Crippen molar-refractivity contribution in [3.63, 3.8) is 0 Å². The summed E-state index contributed by atoms with van der Waals surface area (Å²) in [5.41, 5.74) is 1.48. The third kappa shape index (κ3) is 8.15. The van der Waals surface area contributed by atoms with Gasteiger partial charge in [0.25, 0.3) is 15.9 Å². The van der Waals surface area contributed by atoms with Crippen LogP contribution in [0.5, 0.6) is 0 Å². The van der Waals surface area contributed by atoms with Crippen molar-refractivity contribution in [3.05, 3.63) is 80.5 Å². The van der Waals surface area contributed by atoms with Crippen molar-refractivity contribution in [2.45, 2.75) is 24.3 Å². The number of fused-ring (bicyclic) bond motifs is 1. The summed E-state index contributed by atoms with van der Waals surface area (Å²) >= 11 is 10.4. The van der Waals surface area contributed by atoms with Gasteiger partial charge in [-0.25, -0.2) is 17.6 Å². The molecule has 0 saturated carbocycles. The third-order valence-electron chi connectivity index (χ3n) is 7.10. The number of nitrogens with zero attached hydrogens (tertiary/aromatic N) is 3. The number of amides is 1. The van der Waals surface area contributed by atoms with Crippen LogP contribution in [0.4, 0.5) is 10.1 Å². The number of rotatable bonds is 11. The van der Waals surface area contributed by atoms with Crippen LogP contribution in [0.2, 0.25) is 5.02 Å². The number of morpholine rings is 1. The highest BCUT2D eigenvalue weighted by Crippen LogP contribution is 2.29. The van der Waals surface area contributed by atoms with Gasteiger partial charge in [0, 0.05) is 31.1 Å². The van der Waals surface area contributed by atoms with Gasteiger partial charge in [-0.1, -0.05) is 23.7 Å². The summed E-state index contributed by atoms with van der Waals surface area (Å²) in [6.45, 7) is 4.83. The van der Waals surface area contributed by atoms with Gasteiger partial charge in [-0.2, -0.15) is 8.75 Å². The lowest BCUT2D eigenvalue weighted by Crippen LogP contribution is -2.45. The van der Waals surface area contributed by atoms with E-state index in [9.17, 15) is 22.4 Å². The summed E-state index contributed by atoms with van der Waals surface area (Å²) in [4.78, 5) is 29.0. The van der Waals surface area contributed by atoms with Gasteiger partial charge < -0.3 is 14.8 Å². The van der Waals surface area contributed by atoms with E-state index in [0.717, 1.165) is 11.7 Å². The van der Waals surface area contributed by atoms with Crippen LogP contribution in [0.15, 0.2) is 57.9 Å². The number of nitrogens with one attached hydrogen (secondary N) is 2. The van der Waals surface area contributed by atoms with Crippen molar-refractivity contribution in [2.24, 2.45) is 0 Å². The molecular formula is C29H28BrClFN5O6S2. The normalized spacial score (nSPS) is 14.7. The first kappa shape index (κ1) is 33.2. The molecule has 0 radical (unpaired) electrons. The summed E-state index contributed by atoms with van der Waals surface area (Å²) in [7, 11) is -4.24. The maximum atomic E-state index is 13.9. The van der Waals surface area contributed by atoms with E-state index >= 15 is 0 Å². The van der Waals surface area contributed by atoms with Crippen LogP contribution < -0.4 is 10.0 Å². The molecule has 0 spiro atoms. The number of esters is 1. The number of carbonyl (C=O) groups is 2. The average Bonchev–Trinajstić information content (AvgIpc) is 3.50. The number of ether oxygens (including phenoxy) is 2. The Morgan fingerprint density at radius 2 is 1.96 bits per heavy atom. The van der Waals surface area contributed by atoms with Crippen molar-refractivity contribution in [2.75, 3.05) is 44.2 Å². The van der Waals surface area contributed by atoms with Crippen LogP contribution in [0, 0.1) is 12.7 Å². The molecule has 2 heterocycles. The Morgan fingerprint density at radius 3 is 2.71 bits per heavy atom. The molecule has 0 bridgehead atoms. The van der Waals surface area contributed by atoms with Gasteiger partial charge in [-0.15, -0.1) is 0 Å². The van der Waals surface area contributed by atoms with Crippen LogP contribution in [-0.4, -0.2) is 79.4 Å². The second kappa shape index (κ2) is 14.5. The predicted molar refractivity (Wildman–Crippen MR) is 172 cm³/mol. The molecule has 1 atom stereocenters. The number of aromatic nitrogens is 2. The maximum Gasteiger partial charge on any atom is 0.329 e. The van der Waals surface area contributed by atoms with Gasteiger partial charge in [0.2, 0.25) is 0 Å². The van der Waals surface area contributed by atoms with Crippen LogP contribution in [0.25, 0.3) is 11.0 Å². The fraction of sp³-hybridized carbons (Fsp3) is 0.310. The van der Waals surface area contributed by atoms with Crippen LogP contribution in [-0.2, 0) is 30.7 Å². The van der Waals surface area contributed by atoms with E-state index in [1.807, 2.05) is 0 Å². The molecule has 16 heteroatoms. The first-order valence-electron chi connectivity index (χ1n) is 13.8. The van der Waals surface area contributed by atoms with Crippen LogP contribution in [0.1, 0.15) is 21.5 Å². The van der Waals surface area contributed by atoms with E-state index in [4.69, 9.17) is 21.1 Å². The fourth-order valence-electron chi connectivity index (χ4n) is 4.68. The molecule has 4 aromatic rings. The van der Waals surface area contributed by atoms with Crippen molar-refractivity contribution in [1.29, 1.82) is 0 Å². The van der Waals surface area contributed by atoms with E-state index in [2.05, 4.69) is 39.6 Å². The highest BCUT2D eigenvalue weighted by Gasteiger charge is 2.28. The Balaban J connectivity index is 1.40. The summed E-state index contributed by atoms with van der Waals surface area (Å²) < 4.78 is 62.7. The topological polar surface area (TPSA) is 140 Å². The van der Waals surface area contributed by atoms with Gasteiger partial charge in [-0.3, -0.25) is 14.4 Å². The second-order valence-corrected chi connectivity index (χ2v) is 13.7. The zero-order valence-electron chi connectivity index (χ0n) is 23.9. The quantitative estimate of drug-likeness (QED) is 0.212. The van der Waals surface area contributed by atoms with Gasteiger partial charge in [0.1, 0.15) is 34.4 Å². The summed E-state index contributed by atoms with van der Waals surface area (Å²) in [5, 5.41) is 2.88. The molecule has 5 rings (SSSR count). The molecule has 1 aliphatic rings. The Labute approximate surface area is 276 Å². The average molecular weight is 741 g/mol. The van der Waals surface area contributed by atoms with Gasteiger partial charge in [0.15, 0.2) is 0 Å². The lowest BCUT2D eigenvalue weighted by Gasteiger charge is -2.26. The van der Waals surface area contributed by atoms with E-state index < -0.39 is 33.8 Å². The first-order valence-corrected chi connectivity index (χ1v) is 17.2. The molecule has 1 fully saturated rings. The van der Waals surface area contributed by atoms with Crippen molar-refractivity contribution >= 4 is 77.9 Å². The Kier molecular flexibility index (Phi) is 10.7. The Morgan fingerprint density at radius 1 is 1.18 bits per heavy atom. The van der Waals surface area contributed by atoms with Crippen molar-refractivity contribution in [1.82, 2.24) is 19.0 Å². The van der Waals surface area contributed by atoms with Gasteiger partial charge >= 0.3 is 5.97 Å². The minimum absolute atomic E-state index is 0.0273. The zero-order valence-corrected chi connectivity index (χ0v) is 27.9. The van der Waals surface area contributed by atoms with E-state index in [1.54, 1.807) is 19.1 Å². The largest absolute Gasteiger partial charge is 0.463 e. The van der Waals surface area contributed by atoms with E-state index in [-0.39, 0.29) is 44.2 Å². The van der Waals surface area contributed by atoms with Gasteiger partial charge in [-0.05, 0) is 70.4 Å². The minimum atomic E-state index is -4.24. The number of anilines is 1. The molecule has 11 nitrogen and oxygen atoms in total. The molecule has 3 aromatic carbocycles. The molecule has 0 aliphatic carbocycles. The molecule has 1 aromatic heterocycles. The standard InChI is InChI=1S/C29H28BrClFN5O6S2/c1-17-13-24(36-45(40,41)26-4-2-3-23-27(26)35-44-34-23)19(16-21(17)31)28(38)33-25(15-18-5-6-22(32)20(30)14-18)29(39)43-12-9-37-7-10-42-11-8-37/h2-6,13-14,16,25,36H,7-12,15H2,1H3,(H,33,38)/t25-/m0/s1. The predicted octanol–water partition coefficient (Wildman–Crippen LogP) is 4.57. The zero-order chi connectivity index (χ0) is 32.1. The third-order valence-corrected chi connectivity index (χ3v) is 10.1. The summed E-state index contributed by atoms with van der Waals surface area (Å²) in [5.74, 6) is -1.97. The Hall–Kier alpha value is -3.21. The summed E-state index contributed by atoms with van der Waals surface area (Å²) in [6, 6.07) is 10.4. The smallest absolute Gasteiger partial charge is 0.329 e. The number of carbonyl (C=O) groups excluding carboxylic acids is 2. The maximum absolute atomic E-state index is 13.9. The molecular weight excluding hydrogens is 713 g/mol. The lowest BCUT2D eigenvalue weighted by molar-refractivity contribution is -0.146. The first-order chi connectivity index (χ1) is 21.5. The molecule has 1 saturated heterocycles. The summed E-state index contributed by atoms with van der Waals surface area (Å²) in [6.07, 6.45) is -0.0273. The molecule has 2 N–H and O–H groups in total. The second-order valence-electron chi connectivity index (χ2n) is 10.2. The minimum Gasteiger partial charge on any atom is -0.463 e. The molecule has 238 valence electrons. The van der Waals surface area contributed by atoms with Crippen LogP contribution >= 0.6 is 39.3 Å². The SMILES string of the molecule is Cc1cc(NS(=O)(=O)c2cccc3nsnc23)c(C(=O)N[C@@H](Cc2ccc(F)c(Br)c2)C(=O)OCCN2CCOCC2)cc1Cl. The van der Waals surface area contributed by atoms with Crippen molar-refractivity contribution < 1.29 is 31.9 Å². The number of aryl methyl sites for hydroxylation is 1. The highest BCUT2D eigenvalue weighted by molar-refractivity contribution is 9.10. The monoisotopic (exact) mass is 739 g/mol. The number of benzene rings is 3.